The van der Waals surface area contributed by atoms with E-state index in [1.807, 2.05) is 42.3 Å². The monoisotopic (exact) mass is 335 g/mol. The van der Waals surface area contributed by atoms with Crippen molar-refractivity contribution in [3.63, 3.8) is 0 Å². The average molecular weight is 335 g/mol. The van der Waals surface area contributed by atoms with Crippen LogP contribution in [-0.4, -0.2) is 44.3 Å². The maximum atomic E-state index is 12.9. The summed E-state index contributed by atoms with van der Waals surface area (Å²) in [7, 11) is 0. The molecule has 0 saturated carbocycles. The van der Waals surface area contributed by atoms with Gasteiger partial charge in [-0.2, -0.15) is 15.4 Å². The Kier molecular flexibility index (Phi) is 4.17. The van der Waals surface area contributed by atoms with Crippen molar-refractivity contribution < 1.29 is 4.79 Å². The van der Waals surface area contributed by atoms with Gasteiger partial charge in [0.15, 0.2) is 0 Å². The molecule has 2 aromatic heterocycles. The lowest BCUT2D eigenvalue weighted by molar-refractivity contribution is 0.0673. The van der Waals surface area contributed by atoms with Crippen molar-refractivity contribution in [3.05, 3.63) is 53.3 Å². The molecule has 0 aliphatic carbocycles. The van der Waals surface area contributed by atoms with Gasteiger partial charge in [-0.15, -0.1) is 0 Å². The number of aryl methyl sites for hydroxylation is 1. The van der Waals surface area contributed by atoms with Crippen LogP contribution in [0.2, 0.25) is 0 Å². The first-order valence-electron chi connectivity index (χ1n) is 8.70. The van der Waals surface area contributed by atoms with Gasteiger partial charge in [0.05, 0.1) is 0 Å². The van der Waals surface area contributed by atoms with Gasteiger partial charge in [0.1, 0.15) is 11.0 Å². The van der Waals surface area contributed by atoms with Gasteiger partial charge in [-0.25, -0.2) is 0 Å². The van der Waals surface area contributed by atoms with Crippen LogP contribution < -0.4 is 0 Å². The molecule has 1 aromatic carbocycles. The number of hydrogen-bond donors (Lipinski definition) is 1. The summed E-state index contributed by atoms with van der Waals surface area (Å²) in [5.74, 6) is 0.564. The van der Waals surface area contributed by atoms with Crippen molar-refractivity contribution >= 4 is 16.9 Å². The molecule has 1 atom stereocenters. The van der Waals surface area contributed by atoms with Crippen LogP contribution in [0.15, 0.2) is 36.5 Å². The quantitative estimate of drug-likeness (QED) is 0.798. The maximum absolute atomic E-state index is 12.9. The number of aromatic nitrogens is 4. The van der Waals surface area contributed by atoms with Crippen molar-refractivity contribution in [1.82, 2.24) is 25.3 Å². The Hall–Kier alpha value is -2.76. The summed E-state index contributed by atoms with van der Waals surface area (Å²) in [4.78, 5) is 19.2. The molecule has 3 heterocycles. The van der Waals surface area contributed by atoms with Crippen LogP contribution >= 0.6 is 0 Å². The third kappa shape index (κ3) is 3.38. The standard InChI is InChI=1S/C19H21N5O/c1-13-4-5-14(11-20-13)9-15-3-2-8-24(12-15)19(25)16-6-7-17-18(10-16)22-23-21-17/h4-7,10-11,15H,2-3,8-9,12H2,1H3,(H,21,22,23). The maximum Gasteiger partial charge on any atom is 0.253 e. The second-order valence-corrected chi connectivity index (χ2v) is 6.80. The van der Waals surface area contributed by atoms with Crippen molar-refractivity contribution in [3.8, 4) is 0 Å². The highest BCUT2D eigenvalue weighted by Gasteiger charge is 2.25. The Labute approximate surface area is 146 Å². The molecule has 1 amide bonds. The minimum absolute atomic E-state index is 0.0802. The first-order valence-corrected chi connectivity index (χ1v) is 8.70. The first-order chi connectivity index (χ1) is 12.2. The molecular formula is C19H21N5O. The number of nitrogens with zero attached hydrogens (tertiary/aromatic N) is 4. The fourth-order valence-corrected chi connectivity index (χ4v) is 3.52. The summed E-state index contributed by atoms with van der Waals surface area (Å²) in [5, 5.41) is 10.7. The predicted octanol–water partition coefficient (Wildman–Crippen LogP) is 2.76. The minimum Gasteiger partial charge on any atom is -0.338 e. The molecule has 1 aliphatic rings. The van der Waals surface area contributed by atoms with Gasteiger partial charge < -0.3 is 4.90 Å². The van der Waals surface area contributed by atoms with Crippen LogP contribution in [0.5, 0.6) is 0 Å². The molecular weight excluding hydrogens is 314 g/mol. The van der Waals surface area contributed by atoms with Crippen LogP contribution in [0.3, 0.4) is 0 Å². The number of piperidine rings is 1. The van der Waals surface area contributed by atoms with Crippen LogP contribution in [0.25, 0.3) is 11.0 Å². The average Bonchev–Trinajstić information content (AvgIpc) is 3.11. The highest BCUT2D eigenvalue weighted by Crippen LogP contribution is 2.23. The number of likely N-dealkylation sites (tertiary alicyclic amines) is 1. The van der Waals surface area contributed by atoms with Crippen molar-refractivity contribution in [2.75, 3.05) is 13.1 Å². The molecule has 0 radical (unpaired) electrons. The Bertz CT molecular complexity index is 886. The lowest BCUT2D eigenvalue weighted by Crippen LogP contribution is -2.40. The fraction of sp³-hybridized carbons (Fsp3) is 0.368. The van der Waals surface area contributed by atoms with Crippen molar-refractivity contribution in [2.24, 2.45) is 5.92 Å². The molecule has 0 bridgehead atoms. The van der Waals surface area contributed by atoms with E-state index in [0.29, 0.717) is 11.5 Å². The van der Waals surface area contributed by atoms with Gasteiger partial charge in [-0.1, -0.05) is 6.07 Å². The Morgan fingerprint density at radius 1 is 1.24 bits per heavy atom. The zero-order valence-electron chi connectivity index (χ0n) is 14.3. The van der Waals surface area contributed by atoms with E-state index in [1.165, 1.54) is 5.56 Å². The highest BCUT2D eigenvalue weighted by atomic mass is 16.2. The van der Waals surface area contributed by atoms with E-state index in [-0.39, 0.29) is 5.91 Å². The Morgan fingerprint density at radius 2 is 2.12 bits per heavy atom. The van der Waals surface area contributed by atoms with E-state index in [2.05, 4.69) is 26.5 Å². The number of carbonyl (C=O) groups is 1. The normalized spacial score (nSPS) is 17.8. The van der Waals surface area contributed by atoms with Gasteiger partial charge in [0.25, 0.3) is 5.91 Å². The summed E-state index contributed by atoms with van der Waals surface area (Å²) in [6.07, 6.45) is 5.12. The van der Waals surface area contributed by atoms with Crippen molar-refractivity contribution in [2.45, 2.75) is 26.2 Å². The number of carbonyl (C=O) groups excluding carboxylic acids is 1. The number of pyridine rings is 1. The molecule has 1 unspecified atom stereocenters. The number of nitrogens with one attached hydrogen (secondary N) is 1. The zero-order valence-corrected chi connectivity index (χ0v) is 14.3. The third-order valence-corrected chi connectivity index (χ3v) is 4.87. The van der Waals surface area contributed by atoms with Gasteiger partial charge in [0, 0.05) is 30.5 Å². The second-order valence-electron chi connectivity index (χ2n) is 6.80. The minimum atomic E-state index is 0.0802. The topological polar surface area (TPSA) is 74.8 Å². The molecule has 0 spiro atoms. The highest BCUT2D eigenvalue weighted by molar-refractivity contribution is 5.97. The second kappa shape index (κ2) is 6.63. The van der Waals surface area contributed by atoms with Crippen molar-refractivity contribution in [1.29, 1.82) is 0 Å². The fourth-order valence-electron chi connectivity index (χ4n) is 3.52. The van der Waals surface area contributed by atoms with Gasteiger partial charge in [-0.3, -0.25) is 9.78 Å². The largest absolute Gasteiger partial charge is 0.338 e. The van der Waals surface area contributed by atoms with E-state index in [0.717, 1.165) is 49.1 Å². The molecule has 4 rings (SSSR count). The number of aromatic amines is 1. The SMILES string of the molecule is Cc1ccc(CC2CCCN(C(=O)c3ccc4n[nH]nc4c3)C2)cn1. The molecule has 25 heavy (non-hydrogen) atoms. The molecule has 1 aliphatic heterocycles. The van der Waals surface area contributed by atoms with E-state index < -0.39 is 0 Å². The first kappa shape index (κ1) is 15.7. The molecule has 6 nitrogen and oxygen atoms in total. The predicted molar refractivity (Wildman–Crippen MR) is 95.2 cm³/mol. The zero-order chi connectivity index (χ0) is 17.2. The molecule has 1 saturated heterocycles. The summed E-state index contributed by atoms with van der Waals surface area (Å²) < 4.78 is 0. The van der Waals surface area contributed by atoms with Gasteiger partial charge >= 0.3 is 0 Å². The summed E-state index contributed by atoms with van der Waals surface area (Å²) in [6, 6.07) is 9.68. The Morgan fingerprint density at radius 3 is 2.96 bits per heavy atom. The number of H-pyrrole nitrogens is 1. The number of benzene rings is 1. The van der Waals surface area contributed by atoms with Crippen LogP contribution in [-0.2, 0) is 6.42 Å². The summed E-state index contributed by atoms with van der Waals surface area (Å²) in [5.41, 5.74) is 4.46. The lowest BCUT2D eigenvalue weighted by atomic mass is 9.91. The van der Waals surface area contributed by atoms with E-state index >= 15 is 0 Å². The molecule has 6 heteroatoms. The molecule has 3 aromatic rings. The summed E-state index contributed by atoms with van der Waals surface area (Å²) >= 11 is 0. The van der Waals surface area contributed by atoms with E-state index in [1.54, 1.807) is 0 Å². The van der Waals surface area contributed by atoms with E-state index in [9.17, 15) is 4.79 Å². The lowest BCUT2D eigenvalue weighted by Gasteiger charge is -2.33. The number of hydrogen-bond acceptors (Lipinski definition) is 4. The summed E-state index contributed by atoms with van der Waals surface area (Å²) in [6.45, 7) is 3.61. The Balaban J connectivity index is 1.46. The number of amides is 1. The van der Waals surface area contributed by atoms with Gasteiger partial charge in [0.2, 0.25) is 0 Å². The van der Waals surface area contributed by atoms with E-state index in [4.69, 9.17) is 0 Å². The van der Waals surface area contributed by atoms with Crippen LogP contribution in [0.4, 0.5) is 0 Å². The number of fused-ring (bicyclic) bond motifs is 1. The van der Waals surface area contributed by atoms with Gasteiger partial charge in [-0.05, 0) is 61.9 Å². The van der Waals surface area contributed by atoms with Crippen LogP contribution in [0, 0.1) is 12.8 Å². The number of rotatable bonds is 3. The molecule has 128 valence electrons. The molecule has 1 fully saturated rings. The third-order valence-electron chi connectivity index (χ3n) is 4.87. The van der Waals surface area contributed by atoms with Crippen LogP contribution in [0.1, 0.15) is 34.5 Å². The smallest absolute Gasteiger partial charge is 0.253 e. The molecule has 1 N–H and O–H groups in total.